The lowest BCUT2D eigenvalue weighted by Crippen LogP contribution is -1.99. The number of imidazole rings is 1. The van der Waals surface area contributed by atoms with Crippen LogP contribution in [0.5, 0.6) is 0 Å². The summed E-state index contributed by atoms with van der Waals surface area (Å²) < 4.78 is 1.99. The van der Waals surface area contributed by atoms with Crippen molar-refractivity contribution in [1.82, 2.24) is 19.5 Å². The summed E-state index contributed by atoms with van der Waals surface area (Å²) in [5, 5.41) is 0.428. The van der Waals surface area contributed by atoms with Crippen molar-refractivity contribution in [2.45, 2.75) is 13.5 Å². The molecule has 1 aromatic carbocycles. The lowest BCUT2D eigenvalue weighted by molar-refractivity contribution is 0.764. The molecule has 0 aliphatic rings. The SMILES string of the molecule is CCn1cncc1-c1nc(Cl)cc(-c2ccccc2)n1. The molecule has 3 rings (SSSR count). The van der Waals surface area contributed by atoms with Crippen molar-refractivity contribution in [3.63, 3.8) is 0 Å². The van der Waals surface area contributed by atoms with Gasteiger partial charge < -0.3 is 4.57 Å². The molecule has 0 unspecified atom stereocenters. The van der Waals surface area contributed by atoms with Crippen molar-refractivity contribution >= 4 is 11.6 Å². The second kappa shape index (κ2) is 5.43. The number of halogens is 1. The Hall–Kier alpha value is -2.20. The highest BCUT2D eigenvalue weighted by molar-refractivity contribution is 6.29. The van der Waals surface area contributed by atoms with E-state index in [1.165, 1.54) is 0 Å². The van der Waals surface area contributed by atoms with Crippen LogP contribution in [-0.2, 0) is 6.54 Å². The fourth-order valence-electron chi connectivity index (χ4n) is 2.05. The Labute approximate surface area is 122 Å². The molecule has 20 heavy (non-hydrogen) atoms. The van der Waals surface area contributed by atoms with Crippen molar-refractivity contribution in [2.24, 2.45) is 0 Å². The zero-order valence-electron chi connectivity index (χ0n) is 11.0. The summed E-state index contributed by atoms with van der Waals surface area (Å²) in [6.45, 7) is 2.86. The maximum absolute atomic E-state index is 6.13. The monoisotopic (exact) mass is 284 g/mol. The average molecular weight is 285 g/mol. The fourth-order valence-corrected chi connectivity index (χ4v) is 2.23. The van der Waals surface area contributed by atoms with E-state index >= 15 is 0 Å². The number of benzene rings is 1. The van der Waals surface area contributed by atoms with E-state index in [1.807, 2.05) is 41.8 Å². The van der Waals surface area contributed by atoms with Crippen LogP contribution < -0.4 is 0 Å². The number of rotatable bonds is 3. The van der Waals surface area contributed by atoms with Crippen LogP contribution in [0.3, 0.4) is 0 Å². The van der Waals surface area contributed by atoms with E-state index in [-0.39, 0.29) is 0 Å². The first-order chi connectivity index (χ1) is 9.78. The zero-order valence-corrected chi connectivity index (χ0v) is 11.7. The number of hydrogen-bond acceptors (Lipinski definition) is 3. The first kappa shape index (κ1) is 12.8. The summed E-state index contributed by atoms with van der Waals surface area (Å²) in [6.07, 6.45) is 3.52. The standard InChI is InChI=1S/C15H13ClN4/c1-2-20-10-17-9-13(20)15-18-12(8-14(16)19-15)11-6-4-3-5-7-11/h3-10H,2H2,1H3. The van der Waals surface area contributed by atoms with E-state index in [1.54, 1.807) is 18.6 Å². The minimum Gasteiger partial charge on any atom is -0.328 e. The van der Waals surface area contributed by atoms with E-state index in [2.05, 4.69) is 15.0 Å². The molecule has 3 aromatic rings. The second-order valence-corrected chi connectivity index (χ2v) is 4.72. The van der Waals surface area contributed by atoms with Gasteiger partial charge in [-0.05, 0) is 6.92 Å². The van der Waals surface area contributed by atoms with E-state index in [0.717, 1.165) is 23.5 Å². The Morgan fingerprint density at radius 1 is 1.15 bits per heavy atom. The third kappa shape index (κ3) is 2.42. The van der Waals surface area contributed by atoms with E-state index < -0.39 is 0 Å². The Balaban J connectivity index is 2.12. The van der Waals surface area contributed by atoms with E-state index in [0.29, 0.717) is 11.0 Å². The largest absolute Gasteiger partial charge is 0.328 e. The maximum Gasteiger partial charge on any atom is 0.179 e. The van der Waals surface area contributed by atoms with E-state index in [9.17, 15) is 0 Å². The van der Waals surface area contributed by atoms with Crippen LogP contribution in [0, 0.1) is 0 Å². The van der Waals surface area contributed by atoms with Crippen molar-refractivity contribution in [3.05, 3.63) is 54.1 Å². The summed E-state index contributed by atoms with van der Waals surface area (Å²) in [4.78, 5) is 13.0. The molecule has 0 aliphatic heterocycles. The topological polar surface area (TPSA) is 43.6 Å². The van der Waals surface area contributed by atoms with Crippen LogP contribution in [0.4, 0.5) is 0 Å². The molecule has 4 nitrogen and oxygen atoms in total. The molecule has 100 valence electrons. The minimum atomic E-state index is 0.428. The molecule has 0 radical (unpaired) electrons. The normalized spacial score (nSPS) is 10.7. The van der Waals surface area contributed by atoms with E-state index in [4.69, 9.17) is 11.6 Å². The first-order valence-corrected chi connectivity index (χ1v) is 6.76. The summed E-state index contributed by atoms with van der Waals surface area (Å²) in [5.41, 5.74) is 2.69. The van der Waals surface area contributed by atoms with Crippen LogP contribution >= 0.6 is 11.6 Å². The van der Waals surface area contributed by atoms with Gasteiger partial charge in [-0.3, -0.25) is 0 Å². The molecule has 5 heteroatoms. The van der Waals surface area contributed by atoms with Crippen LogP contribution in [0.2, 0.25) is 5.15 Å². The molecular weight excluding hydrogens is 272 g/mol. The minimum absolute atomic E-state index is 0.428. The lowest BCUT2D eigenvalue weighted by Gasteiger charge is -2.07. The molecule has 0 bridgehead atoms. The van der Waals surface area contributed by atoms with Crippen molar-refractivity contribution in [3.8, 4) is 22.8 Å². The average Bonchev–Trinajstić information content (AvgIpc) is 2.96. The molecule has 0 saturated heterocycles. The van der Waals surface area contributed by atoms with Crippen molar-refractivity contribution in [1.29, 1.82) is 0 Å². The molecule has 0 saturated carbocycles. The molecule has 0 aliphatic carbocycles. The highest BCUT2D eigenvalue weighted by atomic mass is 35.5. The van der Waals surface area contributed by atoms with Crippen LogP contribution in [0.25, 0.3) is 22.8 Å². The summed E-state index contributed by atoms with van der Waals surface area (Å²) >= 11 is 6.13. The highest BCUT2D eigenvalue weighted by Crippen LogP contribution is 2.24. The third-order valence-corrected chi connectivity index (χ3v) is 3.24. The summed E-state index contributed by atoms with van der Waals surface area (Å²) in [7, 11) is 0. The molecule has 0 atom stereocenters. The number of hydrogen-bond donors (Lipinski definition) is 0. The third-order valence-electron chi connectivity index (χ3n) is 3.05. The van der Waals surface area contributed by atoms with Gasteiger partial charge in [-0.2, -0.15) is 0 Å². The molecule has 2 heterocycles. The molecule has 0 spiro atoms. The van der Waals surface area contributed by atoms with Gasteiger partial charge in [-0.15, -0.1) is 0 Å². The number of aromatic nitrogens is 4. The van der Waals surface area contributed by atoms with Gasteiger partial charge in [0.15, 0.2) is 5.82 Å². The number of nitrogens with zero attached hydrogens (tertiary/aromatic N) is 4. The van der Waals surface area contributed by atoms with Crippen LogP contribution in [0.1, 0.15) is 6.92 Å². The van der Waals surface area contributed by atoms with Crippen LogP contribution in [0.15, 0.2) is 48.9 Å². The second-order valence-electron chi connectivity index (χ2n) is 4.33. The first-order valence-electron chi connectivity index (χ1n) is 6.38. The van der Waals surface area contributed by atoms with Crippen LogP contribution in [-0.4, -0.2) is 19.5 Å². The van der Waals surface area contributed by atoms with Gasteiger partial charge in [0.05, 0.1) is 18.2 Å². The fraction of sp³-hybridized carbons (Fsp3) is 0.133. The Morgan fingerprint density at radius 2 is 1.95 bits per heavy atom. The Morgan fingerprint density at radius 3 is 2.70 bits per heavy atom. The quantitative estimate of drug-likeness (QED) is 0.689. The molecule has 0 N–H and O–H groups in total. The van der Waals surface area contributed by atoms with Gasteiger partial charge in [0.25, 0.3) is 0 Å². The predicted molar refractivity (Wildman–Crippen MR) is 79.4 cm³/mol. The van der Waals surface area contributed by atoms with Gasteiger partial charge in [0, 0.05) is 18.2 Å². The Kier molecular flexibility index (Phi) is 3.48. The summed E-state index contributed by atoms with van der Waals surface area (Å²) in [5.74, 6) is 0.593. The van der Waals surface area contributed by atoms with Gasteiger partial charge >= 0.3 is 0 Å². The van der Waals surface area contributed by atoms with Crippen molar-refractivity contribution < 1.29 is 0 Å². The summed E-state index contributed by atoms with van der Waals surface area (Å²) in [6, 6.07) is 11.7. The predicted octanol–water partition coefficient (Wildman–Crippen LogP) is 3.68. The molecule has 0 fully saturated rings. The Bertz CT molecular complexity index is 722. The van der Waals surface area contributed by atoms with Crippen molar-refractivity contribution in [2.75, 3.05) is 0 Å². The molecule has 0 amide bonds. The van der Waals surface area contributed by atoms with Gasteiger partial charge in [-0.25, -0.2) is 15.0 Å². The lowest BCUT2D eigenvalue weighted by atomic mass is 10.1. The van der Waals surface area contributed by atoms with Gasteiger partial charge in [0.2, 0.25) is 0 Å². The molecular formula is C15H13ClN4. The van der Waals surface area contributed by atoms with Gasteiger partial charge in [-0.1, -0.05) is 41.9 Å². The zero-order chi connectivity index (χ0) is 13.9. The smallest absolute Gasteiger partial charge is 0.179 e. The maximum atomic E-state index is 6.13. The molecule has 2 aromatic heterocycles. The highest BCUT2D eigenvalue weighted by Gasteiger charge is 2.11. The van der Waals surface area contributed by atoms with Gasteiger partial charge in [0.1, 0.15) is 10.8 Å². The number of aryl methyl sites for hydroxylation is 1.